The first-order valence-electron chi connectivity index (χ1n) is 10.9. The highest BCUT2D eigenvalue weighted by Crippen LogP contribution is 2.26. The molecule has 0 radical (unpaired) electrons. The number of nitrogens with zero attached hydrogens (tertiary/aromatic N) is 5. The molecule has 0 unspecified atom stereocenters. The van der Waals surface area contributed by atoms with Gasteiger partial charge in [-0.3, -0.25) is 13.8 Å². The fraction of sp³-hybridized carbons (Fsp3) is 0.154. The Bertz CT molecular complexity index is 1510. The molecule has 34 heavy (non-hydrogen) atoms. The van der Waals surface area contributed by atoms with E-state index in [-0.39, 0.29) is 12.2 Å². The Labute approximate surface area is 201 Å². The van der Waals surface area contributed by atoms with Crippen molar-refractivity contribution >= 4 is 17.4 Å². The van der Waals surface area contributed by atoms with Gasteiger partial charge in [0.25, 0.3) is 5.56 Å². The molecule has 7 nitrogen and oxygen atoms in total. The second-order valence-electron chi connectivity index (χ2n) is 7.93. The highest BCUT2D eigenvalue weighted by molar-refractivity contribution is 7.98. The van der Waals surface area contributed by atoms with E-state index in [9.17, 15) is 4.79 Å². The third kappa shape index (κ3) is 4.58. The van der Waals surface area contributed by atoms with Gasteiger partial charge in [0.1, 0.15) is 18.0 Å². The number of rotatable bonds is 7. The number of ether oxygens (including phenoxy) is 1. The van der Waals surface area contributed by atoms with Crippen LogP contribution in [0.25, 0.3) is 11.3 Å². The lowest BCUT2D eigenvalue weighted by Gasteiger charge is -2.12. The lowest BCUT2D eigenvalue weighted by atomic mass is 10.2. The van der Waals surface area contributed by atoms with Gasteiger partial charge in [-0.15, -0.1) is 10.2 Å². The minimum absolute atomic E-state index is 0.0962. The van der Waals surface area contributed by atoms with E-state index in [0.29, 0.717) is 28.1 Å². The van der Waals surface area contributed by atoms with Crippen LogP contribution in [-0.4, -0.2) is 24.1 Å². The monoisotopic (exact) mass is 469 g/mol. The van der Waals surface area contributed by atoms with Gasteiger partial charge in [-0.25, -0.2) is 4.98 Å². The van der Waals surface area contributed by atoms with Crippen LogP contribution in [0, 0.1) is 13.8 Å². The molecule has 3 aromatic heterocycles. The summed E-state index contributed by atoms with van der Waals surface area (Å²) in [5.74, 6) is 2.00. The number of pyridine rings is 1. The van der Waals surface area contributed by atoms with Crippen LogP contribution >= 0.6 is 11.8 Å². The first kappa shape index (κ1) is 21.9. The molecule has 2 aromatic carbocycles. The molecule has 0 bridgehead atoms. The van der Waals surface area contributed by atoms with Gasteiger partial charge in [0.15, 0.2) is 11.0 Å². The zero-order valence-electron chi connectivity index (χ0n) is 18.9. The van der Waals surface area contributed by atoms with E-state index in [1.165, 1.54) is 11.8 Å². The average molecular weight is 470 g/mol. The lowest BCUT2D eigenvalue weighted by Crippen LogP contribution is -2.15. The molecule has 170 valence electrons. The van der Waals surface area contributed by atoms with Gasteiger partial charge in [-0.1, -0.05) is 54.2 Å². The second-order valence-corrected chi connectivity index (χ2v) is 8.88. The predicted molar refractivity (Wildman–Crippen MR) is 133 cm³/mol. The number of thioether (sulfide) groups is 1. The van der Waals surface area contributed by atoms with E-state index in [4.69, 9.17) is 4.74 Å². The van der Waals surface area contributed by atoms with Crippen molar-refractivity contribution in [2.24, 2.45) is 0 Å². The predicted octanol–water partition coefficient (Wildman–Crippen LogP) is 4.76. The Kier molecular flexibility index (Phi) is 6.14. The topological polar surface area (TPSA) is 74.3 Å². The molecule has 0 atom stereocenters. The van der Waals surface area contributed by atoms with Crippen molar-refractivity contribution in [2.45, 2.75) is 31.4 Å². The molecule has 0 saturated heterocycles. The van der Waals surface area contributed by atoms with E-state index in [1.807, 2.05) is 85.1 Å². The summed E-state index contributed by atoms with van der Waals surface area (Å²) in [5.41, 5.74) is 4.24. The minimum atomic E-state index is -0.0962. The zero-order chi connectivity index (χ0) is 23.5. The minimum Gasteiger partial charge on any atom is -0.485 e. The number of benzene rings is 2. The molecule has 0 aliphatic carbocycles. The fourth-order valence-electron chi connectivity index (χ4n) is 3.66. The van der Waals surface area contributed by atoms with E-state index in [0.717, 1.165) is 22.6 Å². The SMILES string of the molecule is Cc1ccc2nc(CSc3nnc(COc4ccccc4C)n3-c3ccccc3)cc(=O)n2c1. The maximum atomic E-state index is 12.6. The summed E-state index contributed by atoms with van der Waals surface area (Å²) in [4.78, 5) is 17.2. The van der Waals surface area contributed by atoms with Crippen molar-refractivity contribution in [2.75, 3.05) is 0 Å². The molecule has 3 heterocycles. The van der Waals surface area contributed by atoms with E-state index in [2.05, 4.69) is 15.2 Å². The number of fused-ring (bicyclic) bond motifs is 1. The van der Waals surface area contributed by atoms with Gasteiger partial charge in [-0.2, -0.15) is 0 Å². The molecule has 5 aromatic rings. The van der Waals surface area contributed by atoms with Crippen LogP contribution < -0.4 is 10.3 Å². The summed E-state index contributed by atoms with van der Waals surface area (Å²) < 4.78 is 9.60. The largest absolute Gasteiger partial charge is 0.485 e. The highest BCUT2D eigenvalue weighted by Gasteiger charge is 2.16. The Hall–Kier alpha value is -3.91. The van der Waals surface area contributed by atoms with Crippen LogP contribution in [0.15, 0.2) is 88.9 Å². The smallest absolute Gasteiger partial charge is 0.258 e. The van der Waals surface area contributed by atoms with Gasteiger partial charge in [0, 0.05) is 23.7 Å². The molecule has 0 fully saturated rings. The molecule has 0 N–H and O–H groups in total. The van der Waals surface area contributed by atoms with Crippen LogP contribution in [0.2, 0.25) is 0 Å². The van der Waals surface area contributed by atoms with Gasteiger partial charge >= 0.3 is 0 Å². The molecule has 0 amide bonds. The molecule has 0 aliphatic heterocycles. The summed E-state index contributed by atoms with van der Waals surface area (Å²) in [6.07, 6.45) is 1.80. The maximum absolute atomic E-state index is 12.6. The van der Waals surface area contributed by atoms with Crippen LogP contribution in [0.5, 0.6) is 5.75 Å². The number of aryl methyl sites for hydroxylation is 2. The van der Waals surface area contributed by atoms with Crippen molar-refractivity contribution in [1.29, 1.82) is 0 Å². The zero-order valence-corrected chi connectivity index (χ0v) is 19.7. The summed E-state index contributed by atoms with van der Waals surface area (Å²) in [5, 5.41) is 9.54. The van der Waals surface area contributed by atoms with Crippen molar-refractivity contribution in [3.8, 4) is 11.4 Å². The Balaban J connectivity index is 1.42. The third-order valence-electron chi connectivity index (χ3n) is 5.37. The molecule has 0 saturated carbocycles. The Morgan fingerprint density at radius 3 is 2.56 bits per heavy atom. The second kappa shape index (κ2) is 9.52. The van der Waals surface area contributed by atoms with E-state index in [1.54, 1.807) is 16.7 Å². The average Bonchev–Trinajstić information content (AvgIpc) is 3.26. The quantitative estimate of drug-likeness (QED) is 0.320. The number of para-hydroxylation sites is 2. The summed E-state index contributed by atoms with van der Waals surface area (Å²) >= 11 is 1.48. The summed E-state index contributed by atoms with van der Waals surface area (Å²) in [7, 11) is 0. The summed E-state index contributed by atoms with van der Waals surface area (Å²) in [6.45, 7) is 4.24. The van der Waals surface area contributed by atoms with Gasteiger partial charge in [-0.05, 0) is 49.2 Å². The van der Waals surface area contributed by atoms with Crippen LogP contribution in [0.4, 0.5) is 0 Å². The van der Waals surface area contributed by atoms with Crippen molar-refractivity contribution in [3.63, 3.8) is 0 Å². The van der Waals surface area contributed by atoms with E-state index < -0.39 is 0 Å². The summed E-state index contributed by atoms with van der Waals surface area (Å²) in [6, 6.07) is 23.2. The lowest BCUT2D eigenvalue weighted by molar-refractivity contribution is 0.291. The fourth-order valence-corrected chi connectivity index (χ4v) is 4.52. The van der Waals surface area contributed by atoms with Crippen molar-refractivity contribution in [1.82, 2.24) is 24.1 Å². The van der Waals surface area contributed by atoms with Crippen LogP contribution in [0.1, 0.15) is 22.6 Å². The highest BCUT2D eigenvalue weighted by atomic mass is 32.2. The molecular weight excluding hydrogens is 446 g/mol. The standard InChI is InChI=1S/C26H23N5O2S/c1-18-12-13-23-27-20(14-25(32)30(23)15-18)17-34-26-29-28-24(31(26)21-9-4-3-5-10-21)16-33-22-11-7-6-8-19(22)2/h3-15H,16-17H2,1-2H3. The third-order valence-corrected chi connectivity index (χ3v) is 6.34. The van der Waals surface area contributed by atoms with Gasteiger partial charge < -0.3 is 4.74 Å². The van der Waals surface area contributed by atoms with Crippen molar-refractivity contribution in [3.05, 3.63) is 112 Å². The molecular formula is C26H23N5O2S. The molecule has 8 heteroatoms. The first-order chi connectivity index (χ1) is 16.6. The van der Waals surface area contributed by atoms with Gasteiger partial charge in [0.2, 0.25) is 0 Å². The maximum Gasteiger partial charge on any atom is 0.258 e. The number of hydrogen-bond donors (Lipinski definition) is 0. The first-order valence-corrected chi connectivity index (χ1v) is 11.9. The Morgan fingerprint density at radius 1 is 0.941 bits per heavy atom. The van der Waals surface area contributed by atoms with Crippen LogP contribution in [0.3, 0.4) is 0 Å². The Morgan fingerprint density at radius 2 is 1.74 bits per heavy atom. The molecule has 0 aliphatic rings. The van der Waals surface area contributed by atoms with E-state index >= 15 is 0 Å². The van der Waals surface area contributed by atoms with Gasteiger partial charge in [0.05, 0.1) is 5.69 Å². The van der Waals surface area contributed by atoms with Crippen LogP contribution in [-0.2, 0) is 12.4 Å². The number of hydrogen-bond acceptors (Lipinski definition) is 6. The van der Waals surface area contributed by atoms with Crippen molar-refractivity contribution < 1.29 is 4.74 Å². The normalized spacial score (nSPS) is 11.1. The number of aromatic nitrogens is 5. The molecule has 5 rings (SSSR count). The molecule has 0 spiro atoms.